The van der Waals surface area contributed by atoms with Gasteiger partial charge in [-0.1, -0.05) is 30.3 Å². The van der Waals surface area contributed by atoms with Crippen molar-refractivity contribution in [3.05, 3.63) is 58.9 Å². The Balaban J connectivity index is 2.17. The molecule has 0 spiro atoms. The van der Waals surface area contributed by atoms with Crippen LogP contribution < -0.4 is 10.6 Å². The zero-order chi connectivity index (χ0) is 26.7. The number of hydrogen-bond acceptors (Lipinski definition) is 7. The highest BCUT2D eigenvalue weighted by molar-refractivity contribution is 5.86. The van der Waals surface area contributed by atoms with Crippen LogP contribution in [-0.2, 0) is 54.4 Å². The van der Waals surface area contributed by atoms with E-state index in [4.69, 9.17) is 14.2 Å². The van der Waals surface area contributed by atoms with Crippen LogP contribution in [0.5, 0.6) is 0 Å². The highest BCUT2D eigenvalue weighted by Crippen LogP contribution is 2.18. The first-order valence-corrected chi connectivity index (χ1v) is 11.6. The maximum Gasteiger partial charge on any atom is 0.408 e. The number of aromatic nitrogens is 1. The predicted octanol–water partition coefficient (Wildman–Crippen LogP) is 2.59. The summed E-state index contributed by atoms with van der Waals surface area (Å²) in [7, 11) is 2.61. The van der Waals surface area contributed by atoms with Crippen molar-refractivity contribution in [2.75, 3.05) is 14.2 Å². The standard InChI is InChI=1S/C26H35N3O7/c1-26(2,3)36-25(33)29-20(13-17-9-7-6-8-10-17)24(32)28-16-21-19(14-23(31)35-5)18(15-27-21)11-12-22(30)34-4/h6-10,15,20,27H,11-14,16H2,1-5H3,(H,28,32)(H,29,33)/t20-/m0/s1. The van der Waals surface area contributed by atoms with E-state index in [-0.39, 0.29) is 31.8 Å². The van der Waals surface area contributed by atoms with Crippen LogP contribution in [0, 0.1) is 0 Å². The Bertz CT molecular complexity index is 1040. The van der Waals surface area contributed by atoms with Crippen molar-refractivity contribution < 1.29 is 33.4 Å². The van der Waals surface area contributed by atoms with E-state index < -0.39 is 29.6 Å². The number of carbonyl (C=O) groups is 4. The third kappa shape index (κ3) is 9.44. The summed E-state index contributed by atoms with van der Waals surface area (Å²) in [6.45, 7) is 5.30. The number of carbonyl (C=O) groups excluding carboxylic acids is 4. The molecular formula is C26H35N3O7. The molecule has 0 aliphatic rings. The summed E-state index contributed by atoms with van der Waals surface area (Å²) in [4.78, 5) is 52.1. The second-order valence-electron chi connectivity index (χ2n) is 9.21. The average molecular weight is 502 g/mol. The lowest BCUT2D eigenvalue weighted by atomic mass is 10.0. The zero-order valence-electron chi connectivity index (χ0n) is 21.4. The van der Waals surface area contributed by atoms with Crippen LogP contribution in [0.15, 0.2) is 36.5 Å². The van der Waals surface area contributed by atoms with Crippen molar-refractivity contribution in [1.29, 1.82) is 0 Å². The summed E-state index contributed by atoms with van der Waals surface area (Å²) in [5.74, 6) is -1.23. The first-order chi connectivity index (χ1) is 17.0. The van der Waals surface area contributed by atoms with Gasteiger partial charge < -0.3 is 29.8 Å². The summed E-state index contributed by atoms with van der Waals surface area (Å²) in [6.07, 6.45) is 1.74. The van der Waals surface area contributed by atoms with E-state index in [1.54, 1.807) is 27.0 Å². The first-order valence-electron chi connectivity index (χ1n) is 11.6. The van der Waals surface area contributed by atoms with Gasteiger partial charge in [-0.15, -0.1) is 0 Å². The normalized spacial score (nSPS) is 11.8. The number of benzene rings is 1. The summed E-state index contributed by atoms with van der Waals surface area (Å²) in [5, 5.41) is 5.47. The summed E-state index contributed by atoms with van der Waals surface area (Å²) >= 11 is 0. The van der Waals surface area contributed by atoms with Crippen LogP contribution in [0.25, 0.3) is 0 Å². The highest BCUT2D eigenvalue weighted by atomic mass is 16.6. The zero-order valence-corrected chi connectivity index (χ0v) is 21.4. The van der Waals surface area contributed by atoms with Crippen molar-refractivity contribution in [2.24, 2.45) is 0 Å². The Hall–Kier alpha value is -3.82. The molecule has 36 heavy (non-hydrogen) atoms. The second kappa shape index (κ2) is 13.3. The van der Waals surface area contributed by atoms with Crippen LogP contribution in [0.3, 0.4) is 0 Å². The number of aromatic amines is 1. The first kappa shape index (κ1) is 28.4. The van der Waals surface area contributed by atoms with E-state index >= 15 is 0 Å². The molecule has 0 radical (unpaired) electrons. The van der Waals surface area contributed by atoms with Crippen LogP contribution >= 0.6 is 0 Å². The molecule has 3 N–H and O–H groups in total. The van der Waals surface area contributed by atoms with Gasteiger partial charge in [-0.05, 0) is 43.9 Å². The fourth-order valence-electron chi connectivity index (χ4n) is 3.51. The van der Waals surface area contributed by atoms with E-state index in [1.165, 1.54) is 14.2 Å². The number of aryl methyl sites for hydroxylation is 1. The lowest BCUT2D eigenvalue weighted by molar-refractivity contribution is -0.141. The van der Waals surface area contributed by atoms with Crippen LogP contribution in [0.1, 0.15) is 49.6 Å². The molecule has 0 saturated carbocycles. The van der Waals surface area contributed by atoms with E-state index in [9.17, 15) is 19.2 Å². The van der Waals surface area contributed by atoms with Crippen molar-refractivity contribution in [2.45, 2.75) is 64.6 Å². The molecular weight excluding hydrogens is 466 g/mol. The molecule has 0 fully saturated rings. The number of alkyl carbamates (subject to hydrolysis) is 1. The van der Waals surface area contributed by atoms with Gasteiger partial charge in [-0.25, -0.2) is 4.79 Å². The van der Waals surface area contributed by atoms with E-state index in [0.29, 0.717) is 17.7 Å². The van der Waals surface area contributed by atoms with Gasteiger partial charge >= 0.3 is 18.0 Å². The Morgan fingerprint density at radius 3 is 2.28 bits per heavy atom. The molecule has 0 unspecified atom stereocenters. The van der Waals surface area contributed by atoms with Gasteiger partial charge in [-0.2, -0.15) is 0 Å². The Morgan fingerprint density at radius 1 is 1.00 bits per heavy atom. The van der Waals surface area contributed by atoms with Gasteiger partial charge in [0.15, 0.2) is 0 Å². The van der Waals surface area contributed by atoms with Crippen molar-refractivity contribution in [3.63, 3.8) is 0 Å². The van der Waals surface area contributed by atoms with Crippen LogP contribution in [-0.4, -0.2) is 54.8 Å². The second-order valence-corrected chi connectivity index (χ2v) is 9.21. The molecule has 2 amide bonds. The molecule has 196 valence electrons. The summed E-state index contributed by atoms with van der Waals surface area (Å²) < 4.78 is 14.8. The molecule has 0 aliphatic carbocycles. The van der Waals surface area contributed by atoms with E-state index in [1.807, 2.05) is 30.3 Å². The van der Waals surface area contributed by atoms with Gasteiger partial charge in [0.05, 0.1) is 27.2 Å². The minimum atomic E-state index is -0.889. The van der Waals surface area contributed by atoms with Crippen molar-refractivity contribution in [1.82, 2.24) is 15.6 Å². The van der Waals surface area contributed by atoms with Crippen LogP contribution in [0.2, 0.25) is 0 Å². The maximum atomic E-state index is 13.1. The van der Waals surface area contributed by atoms with Crippen molar-refractivity contribution >= 4 is 23.9 Å². The summed E-state index contributed by atoms with van der Waals surface area (Å²) in [6, 6.07) is 8.41. The number of ether oxygens (including phenoxy) is 3. The van der Waals surface area contributed by atoms with E-state index in [0.717, 1.165) is 11.1 Å². The minimum Gasteiger partial charge on any atom is -0.469 e. The molecule has 10 heteroatoms. The van der Waals surface area contributed by atoms with Crippen LogP contribution in [0.4, 0.5) is 4.79 Å². The van der Waals surface area contributed by atoms with E-state index in [2.05, 4.69) is 15.6 Å². The molecule has 1 atom stereocenters. The number of amides is 2. The lowest BCUT2D eigenvalue weighted by Gasteiger charge is -2.23. The van der Waals surface area contributed by atoms with Gasteiger partial charge in [0.1, 0.15) is 11.6 Å². The maximum absolute atomic E-state index is 13.1. The Labute approximate surface area is 211 Å². The molecule has 1 aromatic heterocycles. The Kier molecular flexibility index (Phi) is 10.5. The van der Waals surface area contributed by atoms with Gasteiger partial charge in [0, 0.05) is 24.7 Å². The molecule has 0 aliphatic heterocycles. The number of H-pyrrole nitrogens is 1. The minimum absolute atomic E-state index is 0.0225. The quantitative estimate of drug-likeness (QED) is 0.318. The topological polar surface area (TPSA) is 136 Å². The molecule has 2 rings (SSSR count). The smallest absolute Gasteiger partial charge is 0.408 e. The number of nitrogens with one attached hydrogen (secondary N) is 3. The highest BCUT2D eigenvalue weighted by Gasteiger charge is 2.25. The molecule has 1 aromatic carbocycles. The monoisotopic (exact) mass is 501 g/mol. The number of esters is 2. The largest absolute Gasteiger partial charge is 0.469 e. The van der Waals surface area contributed by atoms with Gasteiger partial charge in [0.2, 0.25) is 5.91 Å². The number of methoxy groups -OCH3 is 2. The molecule has 10 nitrogen and oxygen atoms in total. The van der Waals surface area contributed by atoms with Crippen molar-refractivity contribution in [3.8, 4) is 0 Å². The Morgan fingerprint density at radius 2 is 1.67 bits per heavy atom. The average Bonchev–Trinajstić information content (AvgIpc) is 3.20. The fourth-order valence-corrected chi connectivity index (χ4v) is 3.51. The van der Waals surface area contributed by atoms with Gasteiger partial charge in [-0.3, -0.25) is 14.4 Å². The fraction of sp³-hybridized carbons (Fsp3) is 0.462. The molecule has 2 aromatic rings. The third-order valence-electron chi connectivity index (χ3n) is 5.28. The molecule has 0 bridgehead atoms. The van der Waals surface area contributed by atoms with Gasteiger partial charge in [0.25, 0.3) is 0 Å². The summed E-state index contributed by atoms with van der Waals surface area (Å²) in [5.41, 5.74) is 2.15. The molecule has 0 saturated heterocycles. The number of rotatable bonds is 11. The number of hydrogen-bond donors (Lipinski definition) is 3. The predicted molar refractivity (Wildman–Crippen MR) is 132 cm³/mol. The molecule has 1 heterocycles. The third-order valence-corrected chi connectivity index (χ3v) is 5.28. The lowest BCUT2D eigenvalue weighted by Crippen LogP contribution is -2.49. The SMILES string of the molecule is COC(=O)CCc1c[nH]c(CNC(=O)[C@H](Cc2ccccc2)NC(=O)OC(C)(C)C)c1CC(=O)OC.